The van der Waals surface area contributed by atoms with Crippen LogP contribution in [0.5, 0.6) is 0 Å². The SMILES string of the molecule is Cc1nn(CCS(C)(=O)=O)cc1CNC1CC1. The van der Waals surface area contributed by atoms with Gasteiger partial charge in [-0.1, -0.05) is 0 Å². The second-order valence-corrected chi connectivity index (χ2v) is 7.05. The van der Waals surface area contributed by atoms with E-state index in [1.165, 1.54) is 19.1 Å². The van der Waals surface area contributed by atoms with Gasteiger partial charge < -0.3 is 5.32 Å². The second-order valence-electron chi connectivity index (χ2n) is 4.79. The molecular weight excluding hydrogens is 238 g/mol. The van der Waals surface area contributed by atoms with E-state index < -0.39 is 9.84 Å². The first kappa shape index (κ1) is 12.6. The summed E-state index contributed by atoms with van der Waals surface area (Å²) in [5.74, 6) is 0.142. The molecule has 1 fully saturated rings. The van der Waals surface area contributed by atoms with Crippen LogP contribution in [-0.4, -0.2) is 36.2 Å². The lowest BCUT2D eigenvalue weighted by molar-refractivity contribution is 0.585. The van der Waals surface area contributed by atoms with E-state index in [0.29, 0.717) is 12.6 Å². The normalized spacial score (nSPS) is 16.4. The van der Waals surface area contributed by atoms with Crippen molar-refractivity contribution in [1.82, 2.24) is 15.1 Å². The van der Waals surface area contributed by atoms with Gasteiger partial charge in [0.05, 0.1) is 18.0 Å². The van der Waals surface area contributed by atoms with Crippen molar-refractivity contribution in [2.45, 2.75) is 38.9 Å². The second kappa shape index (κ2) is 4.78. The van der Waals surface area contributed by atoms with Gasteiger partial charge in [-0.25, -0.2) is 8.42 Å². The van der Waals surface area contributed by atoms with E-state index in [1.54, 1.807) is 4.68 Å². The fourth-order valence-corrected chi connectivity index (χ4v) is 2.17. The highest BCUT2D eigenvalue weighted by Gasteiger charge is 2.20. The van der Waals surface area contributed by atoms with Crippen LogP contribution < -0.4 is 5.32 Å². The van der Waals surface area contributed by atoms with Crippen molar-refractivity contribution in [2.24, 2.45) is 0 Å². The zero-order valence-electron chi connectivity index (χ0n) is 10.3. The molecule has 5 nitrogen and oxygen atoms in total. The molecule has 1 aliphatic rings. The van der Waals surface area contributed by atoms with Gasteiger partial charge in [0, 0.05) is 30.6 Å². The quantitative estimate of drug-likeness (QED) is 0.805. The summed E-state index contributed by atoms with van der Waals surface area (Å²) in [6, 6.07) is 0.675. The van der Waals surface area contributed by atoms with Gasteiger partial charge in [0.15, 0.2) is 0 Å². The number of aromatic nitrogens is 2. The summed E-state index contributed by atoms with van der Waals surface area (Å²) in [7, 11) is -2.92. The van der Waals surface area contributed by atoms with E-state index in [2.05, 4.69) is 10.4 Å². The third-order valence-corrected chi connectivity index (χ3v) is 3.82. The average molecular weight is 257 g/mol. The number of nitrogens with one attached hydrogen (secondary N) is 1. The molecule has 0 unspecified atom stereocenters. The first-order valence-corrected chi connectivity index (χ1v) is 7.94. The lowest BCUT2D eigenvalue weighted by Crippen LogP contribution is -2.15. The Bertz CT molecular complexity index is 489. The third kappa shape index (κ3) is 4.12. The predicted octanol–water partition coefficient (Wildman–Crippen LogP) is 0.488. The van der Waals surface area contributed by atoms with Gasteiger partial charge in [-0.2, -0.15) is 5.10 Å². The molecule has 0 amide bonds. The number of sulfone groups is 1. The maximum absolute atomic E-state index is 11.1. The van der Waals surface area contributed by atoms with Gasteiger partial charge in [-0.3, -0.25) is 4.68 Å². The molecule has 0 aromatic carbocycles. The van der Waals surface area contributed by atoms with Crippen LogP contribution in [0.15, 0.2) is 6.20 Å². The molecule has 0 radical (unpaired) electrons. The molecule has 1 aromatic rings. The summed E-state index contributed by atoms with van der Waals surface area (Å²) in [6.07, 6.45) is 5.72. The minimum Gasteiger partial charge on any atom is -0.310 e. The van der Waals surface area contributed by atoms with Crippen LogP contribution in [0.2, 0.25) is 0 Å². The Morgan fingerprint density at radius 1 is 1.53 bits per heavy atom. The number of hydrogen-bond acceptors (Lipinski definition) is 4. The maximum Gasteiger partial charge on any atom is 0.149 e. The molecule has 1 saturated carbocycles. The van der Waals surface area contributed by atoms with Crippen molar-refractivity contribution in [3.63, 3.8) is 0 Å². The van der Waals surface area contributed by atoms with Gasteiger partial charge in [-0.05, 0) is 19.8 Å². The Labute approximate surface area is 102 Å². The molecular formula is C11H19N3O2S. The monoisotopic (exact) mass is 257 g/mol. The predicted molar refractivity (Wildman–Crippen MR) is 66.5 cm³/mol. The molecule has 1 aliphatic carbocycles. The Morgan fingerprint density at radius 3 is 2.82 bits per heavy atom. The van der Waals surface area contributed by atoms with Crippen molar-refractivity contribution < 1.29 is 8.42 Å². The molecule has 0 bridgehead atoms. The molecule has 0 saturated heterocycles. The van der Waals surface area contributed by atoms with Crippen molar-refractivity contribution in [3.8, 4) is 0 Å². The number of aryl methyl sites for hydroxylation is 2. The van der Waals surface area contributed by atoms with Gasteiger partial charge in [-0.15, -0.1) is 0 Å². The van der Waals surface area contributed by atoms with Gasteiger partial charge in [0.25, 0.3) is 0 Å². The summed E-state index contributed by atoms with van der Waals surface area (Å²) < 4.78 is 23.9. The zero-order valence-corrected chi connectivity index (χ0v) is 11.1. The van der Waals surface area contributed by atoms with Crippen LogP contribution in [-0.2, 0) is 22.9 Å². The Hall–Kier alpha value is -0.880. The zero-order chi connectivity index (χ0) is 12.5. The largest absolute Gasteiger partial charge is 0.310 e. The molecule has 2 rings (SSSR count). The van der Waals surface area contributed by atoms with E-state index in [4.69, 9.17) is 0 Å². The highest BCUT2D eigenvalue weighted by atomic mass is 32.2. The Balaban J connectivity index is 1.92. The standard InChI is InChI=1S/C11H19N3O2S/c1-9-10(7-12-11-3-4-11)8-14(13-9)5-6-17(2,15)16/h8,11-12H,3-7H2,1-2H3. The van der Waals surface area contributed by atoms with E-state index in [1.807, 2.05) is 13.1 Å². The van der Waals surface area contributed by atoms with E-state index in [9.17, 15) is 8.42 Å². The van der Waals surface area contributed by atoms with E-state index >= 15 is 0 Å². The van der Waals surface area contributed by atoms with Crippen LogP contribution in [0.3, 0.4) is 0 Å². The highest BCUT2D eigenvalue weighted by Crippen LogP contribution is 2.19. The van der Waals surface area contributed by atoms with Crippen LogP contribution in [0.4, 0.5) is 0 Å². The Kier molecular flexibility index (Phi) is 3.53. The lowest BCUT2D eigenvalue weighted by Gasteiger charge is -2.00. The first-order chi connectivity index (χ1) is 7.94. The van der Waals surface area contributed by atoms with E-state index in [0.717, 1.165) is 17.8 Å². The lowest BCUT2D eigenvalue weighted by atomic mass is 10.2. The van der Waals surface area contributed by atoms with Gasteiger partial charge >= 0.3 is 0 Å². The summed E-state index contributed by atoms with van der Waals surface area (Å²) >= 11 is 0. The number of hydrogen-bond donors (Lipinski definition) is 1. The average Bonchev–Trinajstić information content (AvgIpc) is 2.97. The van der Waals surface area contributed by atoms with Crippen molar-refractivity contribution in [1.29, 1.82) is 0 Å². The van der Waals surface area contributed by atoms with Gasteiger partial charge in [0.2, 0.25) is 0 Å². The summed E-state index contributed by atoms with van der Waals surface area (Å²) in [6.45, 7) is 3.22. The van der Waals surface area contributed by atoms with Crippen LogP contribution >= 0.6 is 0 Å². The third-order valence-electron chi connectivity index (χ3n) is 2.90. The number of nitrogens with zero attached hydrogens (tertiary/aromatic N) is 2. The minimum absolute atomic E-state index is 0.142. The van der Waals surface area contributed by atoms with Crippen molar-refractivity contribution in [2.75, 3.05) is 12.0 Å². The van der Waals surface area contributed by atoms with Crippen molar-refractivity contribution >= 4 is 9.84 Å². The fraction of sp³-hybridized carbons (Fsp3) is 0.727. The molecule has 1 aromatic heterocycles. The Morgan fingerprint density at radius 2 is 2.24 bits per heavy atom. The number of rotatable bonds is 6. The smallest absolute Gasteiger partial charge is 0.149 e. The molecule has 1 N–H and O–H groups in total. The van der Waals surface area contributed by atoms with Crippen LogP contribution in [0.25, 0.3) is 0 Å². The topological polar surface area (TPSA) is 64.0 Å². The maximum atomic E-state index is 11.1. The molecule has 0 atom stereocenters. The van der Waals surface area contributed by atoms with Crippen molar-refractivity contribution in [3.05, 3.63) is 17.5 Å². The molecule has 1 heterocycles. The summed E-state index contributed by atoms with van der Waals surface area (Å²) in [4.78, 5) is 0. The minimum atomic E-state index is -2.92. The molecule has 0 spiro atoms. The summed E-state index contributed by atoms with van der Waals surface area (Å²) in [5, 5.41) is 7.75. The molecule has 96 valence electrons. The van der Waals surface area contributed by atoms with Gasteiger partial charge in [0.1, 0.15) is 9.84 Å². The van der Waals surface area contributed by atoms with Crippen LogP contribution in [0.1, 0.15) is 24.1 Å². The van der Waals surface area contributed by atoms with Crippen LogP contribution in [0, 0.1) is 6.92 Å². The highest BCUT2D eigenvalue weighted by molar-refractivity contribution is 7.90. The molecule has 6 heteroatoms. The molecule has 0 aliphatic heterocycles. The van der Waals surface area contributed by atoms with E-state index in [-0.39, 0.29) is 5.75 Å². The molecule has 17 heavy (non-hydrogen) atoms. The first-order valence-electron chi connectivity index (χ1n) is 5.88. The fourth-order valence-electron chi connectivity index (χ4n) is 1.65. The summed E-state index contributed by atoms with van der Waals surface area (Å²) in [5.41, 5.74) is 2.14.